The summed E-state index contributed by atoms with van der Waals surface area (Å²) in [6, 6.07) is 17.5. The van der Waals surface area contributed by atoms with Crippen molar-refractivity contribution in [3.8, 4) is 28.5 Å². The van der Waals surface area contributed by atoms with Gasteiger partial charge in [0.1, 0.15) is 11.4 Å². The maximum atomic E-state index is 10.9. The third-order valence-corrected chi connectivity index (χ3v) is 3.82. The summed E-state index contributed by atoms with van der Waals surface area (Å²) in [5.41, 5.74) is 4.58. The molecule has 1 aromatic heterocycles. The molecule has 0 saturated carbocycles. The first-order valence-corrected chi connectivity index (χ1v) is 7.61. The fraction of sp³-hybridized carbons (Fsp3) is 0.105. The standard InChI is InChI=1S/C19H15N3O3/c1-12-17(21-19(23)24)18(22-25-12)16-8-6-15(7-9-16)14-4-2-13(3-5-14)10-11-20/h2-9,21H,10H2,1H3,(H,23,24). The van der Waals surface area contributed by atoms with Gasteiger partial charge in [0.25, 0.3) is 0 Å². The molecule has 2 N–H and O–H groups in total. The number of carbonyl (C=O) groups is 1. The second kappa shape index (κ2) is 6.89. The molecule has 0 aliphatic heterocycles. The summed E-state index contributed by atoms with van der Waals surface area (Å²) in [6.07, 6.45) is -0.772. The number of hydrogen-bond donors (Lipinski definition) is 2. The highest BCUT2D eigenvalue weighted by Gasteiger charge is 2.16. The van der Waals surface area contributed by atoms with Crippen LogP contribution in [-0.2, 0) is 6.42 Å². The largest absolute Gasteiger partial charge is 0.465 e. The van der Waals surface area contributed by atoms with Crippen molar-refractivity contribution in [2.45, 2.75) is 13.3 Å². The van der Waals surface area contributed by atoms with E-state index >= 15 is 0 Å². The van der Waals surface area contributed by atoms with E-state index in [4.69, 9.17) is 14.9 Å². The second-order valence-corrected chi connectivity index (χ2v) is 5.50. The molecule has 1 heterocycles. The van der Waals surface area contributed by atoms with E-state index in [1.54, 1.807) is 6.92 Å². The topological polar surface area (TPSA) is 99.2 Å². The average Bonchev–Trinajstić information content (AvgIpc) is 2.96. The van der Waals surface area contributed by atoms with E-state index in [0.717, 1.165) is 22.3 Å². The van der Waals surface area contributed by atoms with Crippen LogP contribution in [0.25, 0.3) is 22.4 Å². The molecule has 0 aliphatic carbocycles. The minimum absolute atomic E-state index is 0.348. The predicted molar refractivity (Wildman–Crippen MR) is 93.1 cm³/mol. The molecule has 0 bridgehead atoms. The maximum absolute atomic E-state index is 10.9. The molecule has 1 amide bonds. The van der Waals surface area contributed by atoms with Gasteiger partial charge in [-0.1, -0.05) is 53.7 Å². The van der Waals surface area contributed by atoms with Crippen LogP contribution in [0.3, 0.4) is 0 Å². The van der Waals surface area contributed by atoms with Crippen molar-refractivity contribution in [1.82, 2.24) is 5.16 Å². The maximum Gasteiger partial charge on any atom is 0.409 e. The van der Waals surface area contributed by atoms with Gasteiger partial charge in [-0.2, -0.15) is 5.26 Å². The zero-order valence-corrected chi connectivity index (χ0v) is 13.5. The number of aromatic nitrogens is 1. The van der Waals surface area contributed by atoms with Crippen LogP contribution in [0, 0.1) is 18.3 Å². The van der Waals surface area contributed by atoms with Gasteiger partial charge in [0, 0.05) is 5.56 Å². The van der Waals surface area contributed by atoms with Gasteiger partial charge in [0.05, 0.1) is 12.5 Å². The molecule has 0 radical (unpaired) electrons. The average molecular weight is 333 g/mol. The molecule has 25 heavy (non-hydrogen) atoms. The summed E-state index contributed by atoms with van der Waals surface area (Å²) in [5, 5.41) is 23.9. The van der Waals surface area contributed by atoms with Gasteiger partial charge in [-0.05, 0) is 23.6 Å². The molecule has 6 heteroatoms. The fourth-order valence-electron chi connectivity index (χ4n) is 2.55. The molecule has 3 aromatic rings. The van der Waals surface area contributed by atoms with Crippen molar-refractivity contribution in [3.63, 3.8) is 0 Å². The summed E-state index contributed by atoms with van der Waals surface area (Å²) in [7, 11) is 0. The Labute approximate surface area is 144 Å². The Morgan fingerprint density at radius 3 is 2.24 bits per heavy atom. The van der Waals surface area contributed by atoms with E-state index in [1.165, 1.54) is 0 Å². The molecule has 0 fully saturated rings. The van der Waals surface area contributed by atoms with Crippen LogP contribution < -0.4 is 5.32 Å². The lowest BCUT2D eigenvalue weighted by atomic mass is 10.0. The van der Waals surface area contributed by atoms with Crippen LogP contribution in [-0.4, -0.2) is 16.4 Å². The highest BCUT2D eigenvalue weighted by atomic mass is 16.5. The third-order valence-electron chi connectivity index (χ3n) is 3.82. The lowest BCUT2D eigenvalue weighted by Crippen LogP contribution is -2.08. The summed E-state index contributed by atoms with van der Waals surface area (Å²) in [5.74, 6) is 0.412. The van der Waals surface area contributed by atoms with Gasteiger partial charge in [0.2, 0.25) is 0 Å². The molecule has 0 atom stereocenters. The van der Waals surface area contributed by atoms with Crippen molar-refractivity contribution in [3.05, 3.63) is 59.9 Å². The van der Waals surface area contributed by atoms with E-state index < -0.39 is 6.09 Å². The molecule has 0 aliphatic rings. The summed E-state index contributed by atoms with van der Waals surface area (Å²) in [4.78, 5) is 10.9. The molecule has 0 spiro atoms. The molecule has 124 valence electrons. The van der Waals surface area contributed by atoms with Gasteiger partial charge in [-0.3, -0.25) is 5.32 Å². The van der Waals surface area contributed by atoms with Crippen LogP contribution >= 0.6 is 0 Å². The number of rotatable bonds is 4. The molecule has 6 nitrogen and oxygen atoms in total. The number of nitrogens with one attached hydrogen (secondary N) is 1. The highest BCUT2D eigenvalue weighted by Crippen LogP contribution is 2.31. The Bertz CT molecular complexity index is 936. The van der Waals surface area contributed by atoms with Crippen molar-refractivity contribution in [1.29, 1.82) is 5.26 Å². The highest BCUT2D eigenvalue weighted by molar-refractivity contribution is 5.90. The fourth-order valence-corrected chi connectivity index (χ4v) is 2.55. The number of nitrogens with zero attached hydrogens (tertiary/aromatic N) is 2. The second-order valence-electron chi connectivity index (χ2n) is 5.50. The number of aryl methyl sites for hydroxylation is 1. The zero-order chi connectivity index (χ0) is 17.8. The SMILES string of the molecule is Cc1onc(-c2ccc(-c3ccc(CC#N)cc3)cc2)c1NC(=O)O. The van der Waals surface area contributed by atoms with Crippen LogP contribution in [0.15, 0.2) is 53.1 Å². The molecule has 3 rings (SSSR count). The third kappa shape index (κ3) is 3.51. The Hall–Kier alpha value is -3.59. The molecule has 2 aromatic carbocycles. The smallest absolute Gasteiger partial charge is 0.409 e. The van der Waals surface area contributed by atoms with Gasteiger partial charge >= 0.3 is 6.09 Å². The van der Waals surface area contributed by atoms with E-state index in [-0.39, 0.29) is 0 Å². The zero-order valence-electron chi connectivity index (χ0n) is 13.5. The summed E-state index contributed by atoms with van der Waals surface area (Å²) < 4.78 is 5.10. The molecular formula is C19H15N3O3. The number of carboxylic acid groups (broad SMARTS) is 1. The quantitative estimate of drug-likeness (QED) is 0.733. The van der Waals surface area contributed by atoms with Gasteiger partial charge in [0.15, 0.2) is 5.76 Å². The first-order valence-electron chi connectivity index (χ1n) is 7.61. The first kappa shape index (κ1) is 16.3. The number of benzene rings is 2. The summed E-state index contributed by atoms with van der Waals surface area (Å²) >= 11 is 0. The Kier molecular flexibility index (Phi) is 4.48. The van der Waals surface area contributed by atoms with E-state index in [2.05, 4.69) is 16.5 Å². The van der Waals surface area contributed by atoms with Crippen molar-refractivity contribution in [2.75, 3.05) is 5.32 Å². The molecule has 0 saturated heterocycles. The normalized spacial score (nSPS) is 10.2. The van der Waals surface area contributed by atoms with Crippen LogP contribution in [0.1, 0.15) is 11.3 Å². The first-order chi connectivity index (χ1) is 12.1. The van der Waals surface area contributed by atoms with Gasteiger partial charge in [-0.15, -0.1) is 0 Å². The molecule has 0 unspecified atom stereocenters. The van der Waals surface area contributed by atoms with Gasteiger partial charge < -0.3 is 9.63 Å². The molecular weight excluding hydrogens is 318 g/mol. The number of anilines is 1. The minimum atomic E-state index is -1.17. The number of hydrogen-bond acceptors (Lipinski definition) is 4. The Morgan fingerprint density at radius 1 is 1.12 bits per heavy atom. The predicted octanol–water partition coefficient (Wildman–Crippen LogP) is 4.47. The van der Waals surface area contributed by atoms with E-state index in [0.29, 0.717) is 23.6 Å². The van der Waals surface area contributed by atoms with Crippen molar-refractivity contribution in [2.24, 2.45) is 0 Å². The van der Waals surface area contributed by atoms with Crippen molar-refractivity contribution >= 4 is 11.8 Å². The minimum Gasteiger partial charge on any atom is -0.465 e. The lowest BCUT2D eigenvalue weighted by Gasteiger charge is -2.05. The monoisotopic (exact) mass is 333 g/mol. The van der Waals surface area contributed by atoms with E-state index in [9.17, 15) is 4.79 Å². The number of nitriles is 1. The van der Waals surface area contributed by atoms with E-state index in [1.807, 2.05) is 48.5 Å². The van der Waals surface area contributed by atoms with Crippen molar-refractivity contribution < 1.29 is 14.4 Å². The summed E-state index contributed by atoms with van der Waals surface area (Å²) in [6.45, 7) is 1.65. The Balaban J connectivity index is 1.88. The van der Waals surface area contributed by atoms with Crippen LogP contribution in [0.4, 0.5) is 10.5 Å². The van der Waals surface area contributed by atoms with Crippen LogP contribution in [0.5, 0.6) is 0 Å². The van der Waals surface area contributed by atoms with Gasteiger partial charge in [-0.25, -0.2) is 4.79 Å². The van der Waals surface area contributed by atoms with Crippen LogP contribution in [0.2, 0.25) is 0 Å². The Morgan fingerprint density at radius 2 is 1.68 bits per heavy atom. The number of amides is 1. The lowest BCUT2D eigenvalue weighted by molar-refractivity contribution is 0.209.